The summed E-state index contributed by atoms with van der Waals surface area (Å²) in [6, 6.07) is 2.92. The lowest BCUT2D eigenvalue weighted by Gasteiger charge is -2.26. The van der Waals surface area contributed by atoms with E-state index in [9.17, 15) is 0 Å². The predicted octanol–water partition coefficient (Wildman–Crippen LogP) is 2.50. The molecule has 4 nitrogen and oxygen atoms in total. The van der Waals surface area contributed by atoms with Crippen molar-refractivity contribution in [3.8, 4) is 0 Å². The summed E-state index contributed by atoms with van der Waals surface area (Å²) in [7, 11) is 0. The molecule has 112 valence electrons. The number of aromatic nitrogens is 1. The topological polar surface area (TPSA) is 37.4 Å². The van der Waals surface area contributed by atoms with Crippen molar-refractivity contribution in [1.29, 1.82) is 0 Å². The molecule has 4 heteroatoms. The van der Waals surface area contributed by atoms with Gasteiger partial charge in [-0.2, -0.15) is 0 Å². The lowest BCUT2D eigenvalue weighted by Crippen LogP contribution is -2.29. The molecular weight excluding hydrogens is 250 g/mol. The van der Waals surface area contributed by atoms with E-state index in [1.807, 2.05) is 13.1 Å². The summed E-state index contributed by atoms with van der Waals surface area (Å²) in [6.07, 6.45) is 4.65. The SMILES string of the molecule is CCOCCN(CC)c1cc(C)ncc1CNC1CC1. The Balaban J connectivity index is 2.05. The highest BCUT2D eigenvalue weighted by Crippen LogP contribution is 2.24. The molecule has 1 heterocycles. The van der Waals surface area contributed by atoms with Crippen LogP contribution in [0, 0.1) is 6.92 Å². The highest BCUT2D eigenvalue weighted by molar-refractivity contribution is 5.53. The van der Waals surface area contributed by atoms with Gasteiger partial charge in [-0.05, 0) is 39.7 Å². The van der Waals surface area contributed by atoms with Crippen LogP contribution in [0.5, 0.6) is 0 Å². The third-order valence-corrected chi connectivity index (χ3v) is 3.69. The molecule has 1 aromatic heterocycles. The van der Waals surface area contributed by atoms with Gasteiger partial charge >= 0.3 is 0 Å². The summed E-state index contributed by atoms with van der Waals surface area (Å²) in [5.74, 6) is 0. The molecule has 1 aromatic rings. The van der Waals surface area contributed by atoms with Gasteiger partial charge in [0, 0.05) is 55.4 Å². The Morgan fingerprint density at radius 1 is 1.40 bits per heavy atom. The van der Waals surface area contributed by atoms with Crippen LogP contribution in [0.25, 0.3) is 0 Å². The fraction of sp³-hybridized carbons (Fsp3) is 0.688. The van der Waals surface area contributed by atoms with Gasteiger partial charge in [0.05, 0.1) is 6.61 Å². The smallest absolute Gasteiger partial charge is 0.0641 e. The largest absolute Gasteiger partial charge is 0.380 e. The standard InChI is InChI=1S/C16H27N3O/c1-4-19(8-9-20-5-2)16-10-13(3)17-11-14(16)12-18-15-6-7-15/h10-11,15,18H,4-9,12H2,1-3H3. The Hall–Kier alpha value is -1.13. The fourth-order valence-corrected chi connectivity index (χ4v) is 2.31. The molecule has 0 amide bonds. The molecule has 0 bridgehead atoms. The molecule has 1 aliphatic carbocycles. The van der Waals surface area contributed by atoms with E-state index in [4.69, 9.17) is 4.74 Å². The highest BCUT2D eigenvalue weighted by Gasteiger charge is 2.21. The monoisotopic (exact) mass is 277 g/mol. The summed E-state index contributed by atoms with van der Waals surface area (Å²) >= 11 is 0. The molecule has 0 aliphatic heterocycles. The maximum Gasteiger partial charge on any atom is 0.0641 e. The maximum atomic E-state index is 5.49. The summed E-state index contributed by atoms with van der Waals surface area (Å²) in [6.45, 7) is 10.7. The summed E-state index contributed by atoms with van der Waals surface area (Å²) in [5.41, 5.74) is 3.67. The van der Waals surface area contributed by atoms with Crippen molar-refractivity contribution in [2.45, 2.75) is 46.2 Å². The number of nitrogens with one attached hydrogen (secondary N) is 1. The lowest BCUT2D eigenvalue weighted by atomic mass is 10.1. The van der Waals surface area contributed by atoms with Crippen molar-refractivity contribution >= 4 is 5.69 Å². The van der Waals surface area contributed by atoms with Crippen molar-refractivity contribution in [2.75, 3.05) is 31.2 Å². The van der Waals surface area contributed by atoms with E-state index in [0.29, 0.717) is 0 Å². The Morgan fingerprint density at radius 2 is 2.20 bits per heavy atom. The van der Waals surface area contributed by atoms with Gasteiger partial charge in [-0.15, -0.1) is 0 Å². The second kappa shape index (κ2) is 7.60. The minimum absolute atomic E-state index is 0.725. The van der Waals surface area contributed by atoms with Gasteiger partial charge in [0.15, 0.2) is 0 Å². The number of rotatable bonds is 9. The first-order valence-electron chi connectivity index (χ1n) is 7.76. The zero-order valence-electron chi connectivity index (χ0n) is 13.0. The first-order valence-corrected chi connectivity index (χ1v) is 7.76. The first-order chi connectivity index (χ1) is 9.74. The molecule has 1 fully saturated rings. The van der Waals surface area contributed by atoms with E-state index < -0.39 is 0 Å². The van der Waals surface area contributed by atoms with Gasteiger partial charge in [0.1, 0.15) is 0 Å². The van der Waals surface area contributed by atoms with Gasteiger partial charge in [0.25, 0.3) is 0 Å². The molecule has 1 saturated carbocycles. The highest BCUT2D eigenvalue weighted by atomic mass is 16.5. The third-order valence-electron chi connectivity index (χ3n) is 3.69. The Kier molecular flexibility index (Phi) is 5.80. The molecule has 0 atom stereocenters. The van der Waals surface area contributed by atoms with Crippen LogP contribution in [0.4, 0.5) is 5.69 Å². The van der Waals surface area contributed by atoms with Crippen molar-refractivity contribution in [3.63, 3.8) is 0 Å². The third kappa shape index (κ3) is 4.46. The van der Waals surface area contributed by atoms with Crippen LogP contribution < -0.4 is 10.2 Å². The van der Waals surface area contributed by atoms with Crippen LogP contribution in [0.1, 0.15) is 37.9 Å². The van der Waals surface area contributed by atoms with Crippen LogP contribution in [0.15, 0.2) is 12.3 Å². The van der Waals surface area contributed by atoms with E-state index in [1.165, 1.54) is 24.1 Å². The molecule has 1 aliphatic rings. The molecule has 0 spiro atoms. The molecular formula is C16H27N3O. The fourth-order valence-electron chi connectivity index (χ4n) is 2.31. The van der Waals surface area contributed by atoms with Crippen LogP contribution in [-0.4, -0.2) is 37.3 Å². The van der Waals surface area contributed by atoms with Gasteiger partial charge in [0.2, 0.25) is 0 Å². The van der Waals surface area contributed by atoms with Crippen LogP contribution >= 0.6 is 0 Å². The zero-order valence-corrected chi connectivity index (χ0v) is 13.0. The van der Waals surface area contributed by atoms with E-state index >= 15 is 0 Å². The van der Waals surface area contributed by atoms with Crippen LogP contribution in [0.2, 0.25) is 0 Å². The molecule has 0 radical (unpaired) electrons. The van der Waals surface area contributed by atoms with E-state index in [0.717, 1.165) is 44.6 Å². The summed E-state index contributed by atoms with van der Waals surface area (Å²) < 4.78 is 5.49. The number of likely N-dealkylation sites (N-methyl/N-ethyl adjacent to an activating group) is 1. The number of ether oxygens (including phenoxy) is 1. The van der Waals surface area contributed by atoms with Crippen molar-refractivity contribution in [1.82, 2.24) is 10.3 Å². The number of pyridine rings is 1. The number of hydrogen-bond acceptors (Lipinski definition) is 4. The van der Waals surface area contributed by atoms with Gasteiger partial charge in [-0.3, -0.25) is 4.98 Å². The van der Waals surface area contributed by atoms with Gasteiger partial charge in [-0.25, -0.2) is 0 Å². The first kappa shape index (κ1) is 15.3. The molecule has 2 rings (SSSR count). The van der Waals surface area contributed by atoms with Crippen molar-refractivity contribution < 1.29 is 4.74 Å². The Labute approximate surface area is 122 Å². The van der Waals surface area contributed by atoms with Crippen molar-refractivity contribution in [3.05, 3.63) is 23.5 Å². The maximum absolute atomic E-state index is 5.49. The number of aryl methyl sites for hydroxylation is 1. The van der Waals surface area contributed by atoms with E-state index in [-0.39, 0.29) is 0 Å². The predicted molar refractivity (Wildman–Crippen MR) is 83.2 cm³/mol. The second-order valence-electron chi connectivity index (χ2n) is 5.39. The van der Waals surface area contributed by atoms with Gasteiger partial charge < -0.3 is 15.0 Å². The second-order valence-corrected chi connectivity index (χ2v) is 5.39. The van der Waals surface area contributed by atoms with Crippen LogP contribution in [-0.2, 0) is 11.3 Å². The molecule has 20 heavy (non-hydrogen) atoms. The average molecular weight is 277 g/mol. The number of hydrogen-bond donors (Lipinski definition) is 1. The van der Waals surface area contributed by atoms with E-state index in [2.05, 4.69) is 35.1 Å². The summed E-state index contributed by atoms with van der Waals surface area (Å²) in [4.78, 5) is 6.84. The normalized spacial score (nSPS) is 14.6. The minimum Gasteiger partial charge on any atom is -0.380 e. The Morgan fingerprint density at radius 3 is 2.85 bits per heavy atom. The van der Waals surface area contributed by atoms with Gasteiger partial charge in [-0.1, -0.05) is 0 Å². The Bertz CT molecular complexity index is 418. The quantitative estimate of drug-likeness (QED) is 0.704. The lowest BCUT2D eigenvalue weighted by molar-refractivity contribution is 0.154. The van der Waals surface area contributed by atoms with Crippen LogP contribution in [0.3, 0.4) is 0 Å². The number of anilines is 1. The molecule has 0 unspecified atom stereocenters. The molecule has 0 saturated heterocycles. The zero-order chi connectivity index (χ0) is 14.4. The van der Waals surface area contributed by atoms with E-state index in [1.54, 1.807) is 0 Å². The molecule has 0 aromatic carbocycles. The minimum atomic E-state index is 0.725. The average Bonchev–Trinajstić information content (AvgIpc) is 3.27. The summed E-state index contributed by atoms with van der Waals surface area (Å²) in [5, 5.41) is 3.58. The number of nitrogens with zero attached hydrogens (tertiary/aromatic N) is 2. The van der Waals surface area contributed by atoms with Crippen molar-refractivity contribution in [2.24, 2.45) is 0 Å². The molecule has 1 N–H and O–H groups in total.